The van der Waals surface area contributed by atoms with Crippen LogP contribution in [0.4, 0.5) is 24.5 Å². The van der Waals surface area contributed by atoms with Crippen LogP contribution in [0, 0.1) is 24.0 Å². The van der Waals surface area contributed by atoms with Crippen molar-refractivity contribution < 1.29 is 22.9 Å². The van der Waals surface area contributed by atoms with Gasteiger partial charge in [0.25, 0.3) is 11.6 Å². The van der Waals surface area contributed by atoms with Crippen molar-refractivity contribution in [3.8, 4) is 5.69 Å². The van der Waals surface area contributed by atoms with Gasteiger partial charge in [-0.15, -0.1) is 0 Å². The molecule has 4 rings (SSSR count). The number of benzene rings is 3. The highest BCUT2D eigenvalue weighted by atomic mass is 32.2. The standard InChI is InChI=1S/C26H20F3N3O3S/c1-16-15-22(17(2)31(16)24-6-4-3-5-23(24)26(27,28)29)25(33)30-18-7-11-20(12-8-18)36-21-13-9-19(10-14-21)32(34)35/h3-15H,1-2H3,(H,30,33). The highest BCUT2D eigenvalue weighted by molar-refractivity contribution is 7.99. The molecule has 0 fully saturated rings. The maximum absolute atomic E-state index is 13.5. The summed E-state index contributed by atoms with van der Waals surface area (Å²) >= 11 is 1.41. The van der Waals surface area contributed by atoms with Crippen LogP contribution in [0.2, 0.25) is 0 Å². The normalized spacial score (nSPS) is 11.4. The molecule has 184 valence electrons. The molecule has 1 heterocycles. The fourth-order valence-corrected chi connectivity index (χ4v) is 4.66. The number of carbonyl (C=O) groups is 1. The van der Waals surface area contributed by atoms with Crippen molar-refractivity contribution in [2.75, 3.05) is 5.32 Å². The second kappa shape index (κ2) is 9.90. The highest BCUT2D eigenvalue weighted by Crippen LogP contribution is 2.35. The first-order chi connectivity index (χ1) is 17.0. The van der Waals surface area contributed by atoms with Crippen LogP contribution in [0.1, 0.15) is 27.3 Å². The van der Waals surface area contributed by atoms with Gasteiger partial charge in [-0.2, -0.15) is 13.2 Å². The van der Waals surface area contributed by atoms with E-state index in [2.05, 4.69) is 5.32 Å². The van der Waals surface area contributed by atoms with Gasteiger partial charge in [0.05, 0.1) is 21.7 Å². The van der Waals surface area contributed by atoms with Gasteiger partial charge in [-0.1, -0.05) is 23.9 Å². The molecule has 0 aliphatic heterocycles. The minimum Gasteiger partial charge on any atom is -0.322 e. The smallest absolute Gasteiger partial charge is 0.322 e. The van der Waals surface area contributed by atoms with Gasteiger partial charge in [-0.3, -0.25) is 14.9 Å². The Hall–Kier alpha value is -4.05. The SMILES string of the molecule is Cc1cc(C(=O)Nc2ccc(Sc3ccc([N+](=O)[O-])cc3)cc2)c(C)n1-c1ccccc1C(F)(F)F. The number of halogens is 3. The predicted octanol–water partition coefficient (Wildman–Crippen LogP) is 7.42. The van der Waals surface area contributed by atoms with Crippen molar-refractivity contribution in [1.29, 1.82) is 0 Å². The summed E-state index contributed by atoms with van der Waals surface area (Å²) in [6.07, 6.45) is -4.53. The van der Waals surface area contributed by atoms with Crippen LogP contribution < -0.4 is 5.32 Å². The average molecular weight is 512 g/mol. The maximum atomic E-state index is 13.5. The highest BCUT2D eigenvalue weighted by Gasteiger charge is 2.34. The molecule has 1 N–H and O–H groups in total. The maximum Gasteiger partial charge on any atom is 0.418 e. The summed E-state index contributed by atoms with van der Waals surface area (Å²) in [7, 11) is 0. The van der Waals surface area contributed by atoms with Crippen molar-refractivity contribution >= 4 is 29.0 Å². The number of nitro groups is 1. The molecule has 1 aromatic heterocycles. The number of rotatable bonds is 6. The van der Waals surface area contributed by atoms with Crippen LogP contribution in [0.25, 0.3) is 5.69 Å². The zero-order valence-corrected chi connectivity index (χ0v) is 20.0. The second-order valence-corrected chi connectivity index (χ2v) is 9.11. The van der Waals surface area contributed by atoms with Crippen LogP contribution in [0.3, 0.4) is 0 Å². The Morgan fingerprint density at radius 3 is 2.11 bits per heavy atom. The predicted molar refractivity (Wildman–Crippen MR) is 132 cm³/mol. The number of alkyl halides is 3. The lowest BCUT2D eigenvalue weighted by atomic mass is 10.1. The van der Waals surface area contributed by atoms with Gasteiger partial charge >= 0.3 is 6.18 Å². The van der Waals surface area contributed by atoms with E-state index in [1.165, 1.54) is 46.7 Å². The fraction of sp³-hybridized carbons (Fsp3) is 0.115. The van der Waals surface area contributed by atoms with Gasteiger partial charge in [0.2, 0.25) is 0 Å². The first-order valence-corrected chi connectivity index (χ1v) is 11.6. The van der Waals surface area contributed by atoms with E-state index >= 15 is 0 Å². The Bertz CT molecular complexity index is 1430. The van der Waals surface area contributed by atoms with E-state index in [0.29, 0.717) is 17.1 Å². The lowest BCUT2D eigenvalue weighted by Gasteiger charge is -2.16. The van der Waals surface area contributed by atoms with Crippen LogP contribution in [-0.4, -0.2) is 15.4 Å². The molecule has 6 nitrogen and oxygen atoms in total. The van der Waals surface area contributed by atoms with Crippen LogP contribution >= 0.6 is 11.8 Å². The number of para-hydroxylation sites is 1. The molecule has 0 saturated carbocycles. The number of nitrogens with zero attached hydrogens (tertiary/aromatic N) is 2. The molecular formula is C26H20F3N3O3S. The van der Waals surface area contributed by atoms with E-state index in [4.69, 9.17) is 0 Å². The molecule has 1 amide bonds. The molecule has 0 atom stereocenters. The Balaban J connectivity index is 1.51. The van der Waals surface area contributed by atoms with Crippen molar-refractivity contribution in [3.63, 3.8) is 0 Å². The Kier molecular flexibility index (Phi) is 6.89. The molecule has 3 aromatic carbocycles. The van der Waals surface area contributed by atoms with Gasteiger partial charge in [0, 0.05) is 39.0 Å². The Morgan fingerprint density at radius 1 is 0.944 bits per heavy atom. The van der Waals surface area contributed by atoms with Gasteiger partial charge in [-0.25, -0.2) is 0 Å². The molecule has 10 heteroatoms. The van der Waals surface area contributed by atoms with Gasteiger partial charge in [0.1, 0.15) is 0 Å². The molecule has 0 bridgehead atoms. The van der Waals surface area contributed by atoms with Crippen molar-refractivity contribution in [1.82, 2.24) is 4.57 Å². The quantitative estimate of drug-likeness (QED) is 0.216. The molecule has 0 aliphatic rings. The number of nitrogens with one attached hydrogen (secondary N) is 1. The summed E-state index contributed by atoms with van der Waals surface area (Å²) in [6, 6.07) is 20.0. The topological polar surface area (TPSA) is 77.2 Å². The summed E-state index contributed by atoms with van der Waals surface area (Å²) < 4.78 is 42.1. The molecule has 0 unspecified atom stereocenters. The van der Waals surface area contributed by atoms with Crippen molar-refractivity contribution in [2.24, 2.45) is 0 Å². The third kappa shape index (κ3) is 5.28. The van der Waals surface area contributed by atoms with E-state index in [1.807, 2.05) is 0 Å². The zero-order valence-electron chi connectivity index (χ0n) is 19.2. The number of non-ortho nitro benzene ring substituents is 1. The lowest BCUT2D eigenvalue weighted by molar-refractivity contribution is -0.384. The second-order valence-electron chi connectivity index (χ2n) is 7.97. The minimum absolute atomic E-state index is 0.0127. The summed E-state index contributed by atoms with van der Waals surface area (Å²) in [5.41, 5.74) is 0.892. The summed E-state index contributed by atoms with van der Waals surface area (Å²) in [5, 5.41) is 13.6. The Morgan fingerprint density at radius 2 is 1.53 bits per heavy atom. The molecule has 36 heavy (non-hydrogen) atoms. The van der Waals surface area contributed by atoms with Gasteiger partial charge in [0.15, 0.2) is 0 Å². The van der Waals surface area contributed by atoms with Crippen LogP contribution in [-0.2, 0) is 6.18 Å². The number of carbonyl (C=O) groups excluding carboxylic acids is 1. The first-order valence-electron chi connectivity index (χ1n) is 10.7. The lowest BCUT2D eigenvalue weighted by Crippen LogP contribution is -2.14. The molecule has 0 aliphatic carbocycles. The largest absolute Gasteiger partial charge is 0.418 e. The van der Waals surface area contributed by atoms with E-state index in [-0.39, 0.29) is 16.9 Å². The molecule has 0 spiro atoms. The van der Waals surface area contributed by atoms with E-state index in [9.17, 15) is 28.1 Å². The Labute approximate surface area is 208 Å². The van der Waals surface area contributed by atoms with E-state index in [1.54, 1.807) is 56.3 Å². The molecule has 0 radical (unpaired) electrons. The van der Waals surface area contributed by atoms with E-state index < -0.39 is 22.6 Å². The number of aromatic nitrogens is 1. The molecule has 0 saturated heterocycles. The number of nitro benzene ring substituents is 1. The van der Waals surface area contributed by atoms with Crippen molar-refractivity contribution in [2.45, 2.75) is 29.8 Å². The monoisotopic (exact) mass is 511 g/mol. The van der Waals surface area contributed by atoms with Crippen LogP contribution in [0.5, 0.6) is 0 Å². The number of aryl methyl sites for hydroxylation is 1. The first kappa shape index (κ1) is 25.1. The molecule has 4 aromatic rings. The van der Waals surface area contributed by atoms with E-state index in [0.717, 1.165) is 15.9 Å². The summed E-state index contributed by atoms with van der Waals surface area (Å²) in [6.45, 7) is 3.26. The fourth-order valence-electron chi connectivity index (χ4n) is 3.85. The third-order valence-corrected chi connectivity index (χ3v) is 6.54. The van der Waals surface area contributed by atoms with Gasteiger partial charge in [-0.05, 0) is 68.4 Å². The van der Waals surface area contributed by atoms with Crippen molar-refractivity contribution in [3.05, 3.63) is 111 Å². The molecular weight excluding hydrogens is 491 g/mol. The van der Waals surface area contributed by atoms with Crippen LogP contribution in [0.15, 0.2) is 88.7 Å². The summed E-state index contributed by atoms with van der Waals surface area (Å²) in [4.78, 5) is 25.0. The zero-order chi connectivity index (χ0) is 26.0. The average Bonchev–Trinajstić information content (AvgIpc) is 3.14. The minimum atomic E-state index is -4.53. The number of anilines is 1. The summed E-state index contributed by atoms with van der Waals surface area (Å²) in [5.74, 6) is -0.436. The number of hydrogen-bond donors (Lipinski definition) is 1. The number of amides is 1. The van der Waals surface area contributed by atoms with Gasteiger partial charge < -0.3 is 9.88 Å². The number of hydrogen-bond acceptors (Lipinski definition) is 4. The third-order valence-electron chi connectivity index (χ3n) is 5.52.